The third kappa shape index (κ3) is 6.91. The maximum Gasteiger partial charge on any atom is 0.407 e. The predicted molar refractivity (Wildman–Crippen MR) is 80.1 cm³/mol. The Labute approximate surface area is 122 Å². The van der Waals surface area contributed by atoms with Crippen molar-refractivity contribution < 1.29 is 14.6 Å². The van der Waals surface area contributed by atoms with Crippen LogP contribution in [-0.2, 0) is 4.74 Å². The zero-order valence-corrected chi connectivity index (χ0v) is 12.6. The molecule has 5 heteroatoms. The summed E-state index contributed by atoms with van der Waals surface area (Å²) in [5.41, 5.74) is 0. The first-order valence-corrected chi connectivity index (χ1v) is 7.48. The maximum atomic E-state index is 10.8. The van der Waals surface area contributed by atoms with E-state index in [4.69, 9.17) is 9.84 Å². The second kappa shape index (κ2) is 9.77. The third-order valence-electron chi connectivity index (χ3n) is 3.76. The average Bonchev–Trinajstić information content (AvgIpc) is 2.43. The molecule has 0 atom stereocenters. The molecule has 0 bridgehead atoms. The molecule has 1 aliphatic heterocycles. The molecule has 20 heavy (non-hydrogen) atoms. The minimum atomic E-state index is -0.798. The van der Waals surface area contributed by atoms with Crippen molar-refractivity contribution in [3.8, 4) is 0 Å². The van der Waals surface area contributed by atoms with Gasteiger partial charge in [-0.05, 0) is 45.2 Å². The Balaban J connectivity index is 1.95. The van der Waals surface area contributed by atoms with E-state index in [1.807, 2.05) is 6.08 Å². The van der Waals surface area contributed by atoms with Crippen LogP contribution in [0.3, 0.4) is 0 Å². The number of nitrogens with zero attached hydrogens (tertiary/aromatic N) is 2. The number of carboxylic acid groups (broad SMARTS) is 1. The largest absolute Gasteiger partial charge is 0.465 e. The first-order valence-electron chi connectivity index (χ1n) is 7.48. The number of amides is 1. The Morgan fingerprint density at radius 1 is 1.45 bits per heavy atom. The van der Waals surface area contributed by atoms with E-state index in [0.29, 0.717) is 19.0 Å². The lowest BCUT2D eigenvalue weighted by atomic mass is 9.98. The fourth-order valence-electron chi connectivity index (χ4n) is 2.44. The van der Waals surface area contributed by atoms with Crippen LogP contribution in [0, 0.1) is 5.92 Å². The minimum absolute atomic E-state index is 0.522. The predicted octanol–water partition coefficient (Wildman–Crippen LogP) is 2.29. The van der Waals surface area contributed by atoms with Gasteiger partial charge in [-0.15, -0.1) is 6.58 Å². The molecule has 1 amide bonds. The number of unbranched alkanes of at least 4 members (excludes halogenated alkanes) is 1. The van der Waals surface area contributed by atoms with Gasteiger partial charge < -0.3 is 19.6 Å². The topological polar surface area (TPSA) is 53.0 Å². The molecule has 1 saturated heterocycles. The summed E-state index contributed by atoms with van der Waals surface area (Å²) in [6.45, 7) is 8.61. The maximum absolute atomic E-state index is 10.8. The van der Waals surface area contributed by atoms with Gasteiger partial charge >= 0.3 is 6.09 Å². The molecule has 0 unspecified atom stereocenters. The molecular formula is C15H28N2O3. The van der Waals surface area contributed by atoms with Crippen LogP contribution in [0.4, 0.5) is 4.79 Å². The summed E-state index contributed by atoms with van der Waals surface area (Å²) in [4.78, 5) is 14.5. The number of hydrogen-bond acceptors (Lipinski definition) is 3. The van der Waals surface area contributed by atoms with Crippen LogP contribution in [0.15, 0.2) is 12.7 Å². The van der Waals surface area contributed by atoms with Gasteiger partial charge in [-0.25, -0.2) is 4.79 Å². The molecule has 0 aromatic rings. The van der Waals surface area contributed by atoms with Crippen LogP contribution in [0.5, 0.6) is 0 Å². The highest BCUT2D eigenvalue weighted by molar-refractivity contribution is 5.64. The number of hydrogen-bond donors (Lipinski definition) is 1. The molecule has 0 radical (unpaired) electrons. The number of rotatable bonds is 9. The first-order chi connectivity index (χ1) is 9.63. The molecule has 0 spiro atoms. The van der Waals surface area contributed by atoms with Crippen molar-refractivity contribution in [3.05, 3.63) is 12.7 Å². The highest BCUT2D eigenvalue weighted by atomic mass is 16.5. The van der Waals surface area contributed by atoms with Crippen molar-refractivity contribution in [1.29, 1.82) is 0 Å². The molecule has 1 N–H and O–H groups in total. The lowest BCUT2D eigenvalue weighted by molar-refractivity contribution is 0.0629. The minimum Gasteiger partial charge on any atom is -0.465 e. The van der Waals surface area contributed by atoms with E-state index in [2.05, 4.69) is 18.5 Å². The molecule has 1 aliphatic rings. The number of piperidine rings is 1. The molecule has 1 fully saturated rings. The highest BCUT2D eigenvalue weighted by Crippen LogP contribution is 2.17. The van der Waals surface area contributed by atoms with Gasteiger partial charge in [0.1, 0.15) is 0 Å². The van der Waals surface area contributed by atoms with Gasteiger partial charge in [0.15, 0.2) is 0 Å². The molecule has 0 aliphatic carbocycles. The second-order valence-corrected chi connectivity index (χ2v) is 5.55. The van der Waals surface area contributed by atoms with E-state index in [0.717, 1.165) is 52.0 Å². The Hall–Kier alpha value is -1.07. The molecule has 0 aromatic carbocycles. The summed E-state index contributed by atoms with van der Waals surface area (Å²) in [6.07, 6.45) is 5.19. The van der Waals surface area contributed by atoms with Gasteiger partial charge in [0.2, 0.25) is 0 Å². The Bertz CT molecular complexity index is 289. The third-order valence-corrected chi connectivity index (χ3v) is 3.76. The first kappa shape index (κ1) is 17.0. The van der Waals surface area contributed by atoms with E-state index < -0.39 is 6.09 Å². The standard InChI is InChI=1S/C15H28N2O3/c1-3-8-16(2)9-4-5-12-20-13-14-6-10-17(11-7-14)15(18)19/h3,14H,1,4-13H2,2H3,(H,18,19). The molecule has 0 aromatic heterocycles. The van der Waals surface area contributed by atoms with E-state index in [1.54, 1.807) is 0 Å². The zero-order chi connectivity index (χ0) is 14.8. The van der Waals surface area contributed by atoms with Crippen LogP contribution < -0.4 is 0 Å². The average molecular weight is 284 g/mol. The SMILES string of the molecule is C=CCN(C)CCCCOCC1CCN(C(=O)O)CC1. The van der Waals surface area contributed by atoms with Crippen LogP contribution in [0.1, 0.15) is 25.7 Å². The van der Waals surface area contributed by atoms with Crippen molar-refractivity contribution in [2.75, 3.05) is 46.4 Å². The Morgan fingerprint density at radius 2 is 2.15 bits per heavy atom. The van der Waals surface area contributed by atoms with Crippen LogP contribution in [0.2, 0.25) is 0 Å². The number of ether oxygens (including phenoxy) is 1. The van der Waals surface area contributed by atoms with Gasteiger partial charge in [-0.1, -0.05) is 6.08 Å². The van der Waals surface area contributed by atoms with Crippen molar-refractivity contribution >= 4 is 6.09 Å². The summed E-state index contributed by atoms with van der Waals surface area (Å²) in [6, 6.07) is 0. The molecule has 1 heterocycles. The molecule has 116 valence electrons. The van der Waals surface area contributed by atoms with E-state index in [9.17, 15) is 4.79 Å². The van der Waals surface area contributed by atoms with Crippen LogP contribution >= 0.6 is 0 Å². The quantitative estimate of drug-likeness (QED) is 0.521. The van der Waals surface area contributed by atoms with E-state index in [1.165, 1.54) is 4.90 Å². The van der Waals surface area contributed by atoms with Crippen molar-refractivity contribution in [1.82, 2.24) is 9.80 Å². The van der Waals surface area contributed by atoms with Crippen LogP contribution in [-0.4, -0.2) is 67.4 Å². The van der Waals surface area contributed by atoms with Gasteiger partial charge in [0.25, 0.3) is 0 Å². The number of likely N-dealkylation sites (tertiary alicyclic amines) is 1. The lowest BCUT2D eigenvalue weighted by Crippen LogP contribution is -2.38. The fourth-order valence-corrected chi connectivity index (χ4v) is 2.44. The highest BCUT2D eigenvalue weighted by Gasteiger charge is 2.21. The van der Waals surface area contributed by atoms with Gasteiger partial charge in [0.05, 0.1) is 0 Å². The smallest absolute Gasteiger partial charge is 0.407 e. The summed E-state index contributed by atoms with van der Waals surface area (Å²) < 4.78 is 5.71. The Kier molecular flexibility index (Phi) is 8.30. The number of likely N-dealkylation sites (N-methyl/N-ethyl adjacent to an activating group) is 1. The van der Waals surface area contributed by atoms with Crippen LogP contribution in [0.25, 0.3) is 0 Å². The summed E-state index contributed by atoms with van der Waals surface area (Å²) in [5.74, 6) is 0.522. The fraction of sp³-hybridized carbons (Fsp3) is 0.800. The lowest BCUT2D eigenvalue weighted by Gasteiger charge is -2.29. The summed E-state index contributed by atoms with van der Waals surface area (Å²) in [5, 5.41) is 8.87. The molecule has 0 saturated carbocycles. The number of carbonyl (C=O) groups is 1. The summed E-state index contributed by atoms with van der Waals surface area (Å²) in [7, 11) is 2.10. The summed E-state index contributed by atoms with van der Waals surface area (Å²) >= 11 is 0. The van der Waals surface area contributed by atoms with Gasteiger partial charge in [-0.3, -0.25) is 0 Å². The molecular weight excluding hydrogens is 256 g/mol. The van der Waals surface area contributed by atoms with E-state index in [-0.39, 0.29) is 0 Å². The monoisotopic (exact) mass is 284 g/mol. The van der Waals surface area contributed by atoms with Crippen molar-refractivity contribution in [3.63, 3.8) is 0 Å². The van der Waals surface area contributed by atoms with Crippen molar-refractivity contribution in [2.45, 2.75) is 25.7 Å². The molecule has 1 rings (SSSR count). The van der Waals surface area contributed by atoms with E-state index >= 15 is 0 Å². The molecule has 5 nitrogen and oxygen atoms in total. The second-order valence-electron chi connectivity index (χ2n) is 5.55. The Morgan fingerprint density at radius 3 is 2.75 bits per heavy atom. The van der Waals surface area contributed by atoms with Crippen molar-refractivity contribution in [2.24, 2.45) is 5.92 Å². The van der Waals surface area contributed by atoms with Gasteiger partial charge in [0, 0.05) is 32.8 Å². The zero-order valence-electron chi connectivity index (χ0n) is 12.6. The normalized spacial score (nSPS) is 16.6. The van der Waals surface area contributed by atoms with Gasteiger partial charge in [-0.2, -0.15) is 0 Å².